The number of benzene rings is 6. The summed E-state index contributed by atoms with van der Waals surface area (Å²) in [4.78, 5) is 60.3. The average Bonchev–Trinajstić information content (AvgIpc) is 4.20. The number of carbonyl (C=O) groups excluding carboxylic acids is 4. The van der Waals surface area contributed by atoms with Crippen molar-refractivity contribution in [2.24, 2.45) is 11.8 Å². The minimum absolute atomic E-state index is 0.0760. The fraction of sp³-hybridized carbons (Fsp3) is 0.212. The maximum absolute atomic E-state index is 14.1. The monoisotopic (exact) mass is 998 g/mol. The van der Waals surface area contributed by atoms with E-state index in [1.807, 2.05) is 48.5 Å². The summed E-state index contributed by atoms with van der Waals surface area (Å²) >= 11 is 3.20. The Bertz CT molecular complexity index is 3760. The number of allylic oxidation sites excluding steroid dienone is 6. The van der Waals surface area contributed by atoms with Gasteiger partial charge in [-0.1, -0.05) is 85.7 Å². The molecule has 2 aliphatic heterocycles. The van der Waals surface area contributed by atoms with Gasteiger partial charge in [0, 0.05) is 55.0 Å². The Hall–Kier alpha value is -7.52. The molecule has 8 aromatic rings. The minimum atomic E-state index is -0.472. The highest BCUT2D eigenvalue weighted by Gasteiger charge is 2.50. The molecular formula is C66H46O6S2. The van der Waals surface area contributed by atoms with Gasteiger partial charge in [0.25, 0.3) is 0 Å². The quantitative estimate of drug-likeness (QED) is 0.0974. The second-order valence-corrected chi connectivity index (χ2v) is 24.0. The van der Waals surface area contributed by atoms with Crippen molar-refractivity contribution in [2.75, 3.05) is 0 Å². The third-order valence-electron chi connectivity index (χ3n) is 17.5. The number of hydrogen-bond donors (Lipinski definition) is 0. The van der Waals surface area contributed by atoms with Crippen LogP contribution in [0.15, 0.2) is 156 Å². The van der Waals surface area contributed by atoms with E-state index in [0.717, 1.165) is 125 Å². The molecule has 2 unspecified atom stereocenters. The van der Waals surface area contributed by atoms with Gasteiger partial charge >= 0.3 is 0 Å². The maximum atomic E-state index is 14.1. The van der Waals surface area contributed by atoms with Crippen LogP contribution >= 0.6 is 22.7 Å². The molecule has 0 amide bonds. The number of Topliss-reactive ketones (excluding diaryl/α,β-unsaturated/α-hetero) is 4. The first kappa shape index (κ1) is 42.9. The molecular weight excluding hydrogens is 953 g/mol. The highest BCUT2D eigenvalue weighted by Crippen LogP contribution is 2.60. The summed E-state index contributed by atoms with van der Waals surface area (Å²) in [5.41, 5.74) is 6.21. The second kappa shape index (κ2) is 15.5. The normalized spacial score (nSPS) is 21.8. The van der Waals surface area contributed by atoms with E-state index in [-0.39, 0.29) is 46.1 Å². The molecule has 0 N–H and O–H groups in total. The Kier molecular flexibility index (Phi) is 9.00. The van der Waals surface area contributed by atoms with Crippen LogP contribution in [0.3, 0.4) is 0 Å². The van der Waals surface area contributed by atoms with Crippen molar-refractivity contribution >= 4 is 112 Å². The van der Waals surface area contributed by atoms with Crippen LogP contribution in [-0.4, -0.2) is 34.3 Å². The lowest BCUT2D eigenvalue weighted by molar-refractivity contribution is 0.0636. The Labute approximate surface area is 434 Å². The van der Waals surface area contributed by atoms with E-state index in [9.17, 15) is 19.2 Å². The molecule has 0 radical (unpaired) electrons. The fourth-order valence-corrected chi connectivity index (χ4v) is 16.0. The number of hydrogen-bond acceptors (Lipinski definition) is 8. The van der Waals surface area contributed by atoms with Crippen molar-refractivity contribution in [3.05, 3.63) is 198 Å². The first-order valence-corrected chi connectivity index (χ1v) is 27.9. The van der Waals surface area contributed by atoms with Crippen LogP contribution in [0.5, 0.6) is 11.5 Å². The summed E-state index contributed by atoms with van der Waals surface area (Å²) in [6.07, 6.45) is 23.8. The molecule has 2 fully saturated rings. The minimum Gasteiger partial charge on any atom is -0.481 e. The summed E-state index contributed by atoms with van der Waals surface area (Å²) in [5.74, 6) is 0.890. The number of carbonyl (C=O) groups is 4. The summed E-state index contributed by atoms with van der Waals surface area (Å²) in [7, 11) is 0. The largest absolute Gasteiger partial charge is 0.481 e. The van der Waals surface area contributed by atoms with E-state index < -0.39 is 11.2 Å². The lowest BCUT2D eigenvalue weighted by Gasteiger charge is -2.48. The number of thiophene rings is 2. The second-order valence-electron chi connectivity index (χ2n) is 21.8. The topological polar surface area (TPSA) is 86.7 Å². The molecule has 8 aliphatic rings. The molecule has 358 valence electrons. The van der Waals surface area contributed by atoms with Crippen LogP contribution < -0.4 is 9.47 Å². The molecule has 8 heteroatoms. The molecule has 74 heavy (non-hydrogen) atoms. The highest BCUT2D eigenvalue weighted by atomic mass is 32.1. The zero-order chi connectivity index (χ0) is 49.2. The lowest BCUT2D eigenvalue weighted by Crippen LogP contribution is -2.45. The van der Waals surface area contributed by atoms with Gasteiger partial charge in [0.15, 0.2) is 23.1 Å². The van der Waals surface area contributed by atoms with E-state index >= 15 is 0 Å². The molecule has 2 spiro atoms. The van der Waals surface area contributed by atoms with Crippen molar-refractivity contribution in [1.29, 1.82) is 0 Å². The predicted molar refractivity (Wildman–Crippen MR) is 297 cm³/mol. The van der Waals surface area contributed by atoms with Gasteiger partial charge in [-0.05, 0) is 178 Å². The predicted octanol–water partition coefficient (Wildman–Crippen LogP) is 16.1. The van der Waals surface area contributed by atoms with E-state index in [4.69, 9.17) is 9.47 Å². The molecule has 16 rings (SSSR count). The molecule has 2 saturated carbocycles. The van der Waals surface area contributed by atoms with Crippen LogP contribution in [0.4, 0.5) is 0 Å². The summed E-state index contributed by atoms with van der Waals surface area (Å²) < 4.78 is 14.5. The Morgan fingerprint density at radius 3 is 1.08 bits per heavy atom. The molecule has 2 atom stereocenters. The number of ether oxygens (including phenoxy) is 2. The van der Waals surface area contributed by atoms with Gasteiger partial charge in [0.2, 0.25) is 0 Å². The van der Waals surface area contributed by atoms with Crippen LogP contribution in [0.25, 0.3) is 66.4 Å². The molecule has 2 aromatic heterocycles. The molecule has 6 aromatic carbocycles. The SMILES string of the molecule is O=C1C(=Cc2cc3c(s2)C2=CC4C=C5C(=CC4C=C2C2(CCCCC2)O3)c2sc(C=C3C(=O)c4cc6cc7ccccc7cc6cc4C3=O)cc2OC52CCCCC2)C(=O)c2cc3cc4ccccc4cc3cc21. The van der Waals surface area contributed by atoms with Crippen molar-refractivity contribution in [2.45, 2.75) is 75.4 Å². The van der Waals surface area contributed by atoms with Gasteiger partial charge in [-0.2, -0.15) is 0 Å². The third kappa shape index (κ3) is 6.21. The average molecular weight is 999 g/mol. The van der Waals surface area contributed by atoms with Crippen LogP contribution in [0, 0.1) is 11.8 Å². The van der Waals surface area contributed by atoms with Crippen LogP contribution in [-0.2, 0) is 0 Å². The summed E-state index contributed by atoms with van der Waals surface area (Å²) in [6, 6.07) is 36.4. The first-order chi connectivity index (χ1) is 36.2. The fourth-order valence-electron chi connectivity index (χ4n) is 13.9. The molecule has 6 nitrogen and oxygen atoms in total. The van der Waals surface area contributed by atoms with Crippen LogP contribution in [0.1, 0.15) is 125 Å². The van der Waals surface area contributed by atoms with E-state index in [0.29, 0.717) is 22.3 Å². The van der Waals surface area contributed by atoms with Crippen LogP contribution in [0.2, 0.25) is 0 Å². The standard InChI is InChI=1S/C66H46O6S2/c67-59-47-23-39-19-35-11-3-4-12-36(35)20-40(39)24-48(47)60(68)53(59)31-45-33-57-63(73-45)51-27-44-30-56-52(28-43(44)29-55(51)65(71-57)15-7-1-8-16-65)64-58(72-66(56)17-9-2-10-18-66)34-46(74-64)32-54-61(69)49-25-41-21-37-13-5-6-14-38(37)22-42(41)26-50(49)62(54)70/h3-6,11-14,19-34,43-44H,1-2,7-10,15-18H2. The Morgan fingerprint density at radius 1 is 0.405 bits per heavy atom. The van der Waals surface area contributed by atoms with E-state index in [1.165, 1.54) is 35.1 Å². The molecule has 0 bridgehead atoms. The zero-order valence-electron chi connectivity index (χ0n) is 40.3. The van der Waals surface area contributed by atoms with E-state index in [1.54, 1.807) is 34.8 Å². The van der Waals surface area contributed by atoms with Crippen molar-refractivity contribution < 1.29 is 28.7 Å². The number of rotatable bonds is 2. The van der Waals surface area contributed by atoms with Crippen molar-refractivity contribution in [3.63, 3.8) is 0 Å². The lowest BCUT2D eigenvalue weighted by atomic mass is 9.65. The summed E-state index contributed by atoms with van der Waals surface area (Å²) in [6.45, 7) is 0. The van der Waals surface area contributed by atoms with Gasteiger partial charge in [-0.3, -0.25) is 19.2 Å². The van der Waals surface area contributed by atoms with Gasteiger partial charge in [0.1, 0.15) is 22.7 Å². The van der Waals surface area contributed by atoms with Gasteiger partial charge in [-0.25, -0.2) is 0 Å². The smallest absolute Gasteiger partial charge is 0.197 e. The van der Waals surface area contributed by atoms with Gasteiger partial charge in [-0.15, -0.1) is 22.7 Å². The van der Waals surface area contributed by atoms with E-state index in [2.05, 4.69) is 85.0 Å². The zero-order valence-corrected chi connectivity index (χ0v) is 42.0. The Balaban J connectivity index is 0.763. The molecule has 6 aliphatic carbocycles. The van der Waals surface area contributed by atoms with Gasteiger partial charge < -0.3 is 9.47 Å². The van der Waals surface area contributed by atoms with Crippen molar-refractivity contribution in [1.82, 2.24) is 0 Å². The summed E-state index contributed by atoms with van der Waals surface area (Å²) in [5, 5.41) is 8.17. The highest BCUT2D eigenvalue weighted by molar-refractivity contribution is 7.15. The van der Waals surface area contributed by atoms with Crippen molar-refractivity contribution in [3.8, 4) is 11.5 Å². The van der Waals surface area contributed by atoms with Gasteiger partial charge in [0.05, 0.1) is 20.9 Å². The molecule has 4 heterocycles. The first-order valence-electron chi connectivity index (χ1n) is 26.3. The Morgan fingerprint density at radius 2 is 0.743 bits per heavy atom. The third-order valence-corrected chi connectivity index (χ3v) is 19.7. The number of ketones is 4. The number of fused-ring (bicyclic) bond motifs is 15. The molecule has 0 saturated heterocycles. The maximum Gasteiger partial charge on any atom is 0.197 e.